The van der Waals surface area contributed by atoms with E-state index in [2.05, 4.69) is 9.47 Å². The number of hydrogen-bond donors (Lipinski definition) is 1. The molecule has 0 unspecified atom stereocenters. The third kappa shape index (κ3) is 9.55. The zero-order valence-electron chi connectivity index (χ0n) is 6.65. The van der Waals surface area contributed by atoms with Crippen LogP contribution < -0.4 is 5.73 Å². The van der Waals surface area contributed by atoms with Crippen molar-refractivity contribution < 1.29 is 35.8 Å². The van der Waals surface area contributed by atoms with Crippen molar-refractivity contribution in [3.8, 4) is 0 Å². The Morgan fingerprint density at radius 2 is 1.14 bits per heavy atom. The van der Waals surface area contributed by atoms with Crippen LogP contribution in [0.3, 0.4) is 0 Å². The van der Waals surface area contributed by atoms with Gasteiger partial charge in [0.1, 0.15) is 0 Å². The summed E-state index contributed by atoms with van der Waals surface area (Å²) in [6, 6.07) is -1.49. The van der Waals surface area contributed by atoms with E-state index in [1.165, 1.54) is 0 Å². The summed E-state index contributed by atoms with van der Waals surface area (Å²) in [4.78, 5) is 0. The lowest BCUT2D eigenvalue weighted by atomic mass is 10.4. The fraction of sp³-hybridized carbons (Fsp3) is 1.00. The van der Waals surface area contributed by atoms with Gasteiger partial charge < -0.3 is 5.73 Å². The quantitative estimate of drug-likeness (QED) is 0.738. The normalized spacial score (nSPS) is 13.7. The van der Waals surface area contributed by atoms with Crippen molar-refractivity contribution in [3.05, 3.63) is 0 Å². The standard InChI is InChI=1S/C5H7F6NO2/c6-4(7,8)13-1-3(12)2-14-5(9,10)11/h3H,1-2,12H2. The number of nitrogens with two attached hydrogens (primary N) is 1. The van der Waals surface area contributed by atoms with Gasteiger partial charge in [0, 0.05) is 0 Å². The first-order chi connectivity index (χ1) is 6.10. The lowest BCUT2D eigenvalue weighted by Gasteiger charge is -2.14. The molecule has 0 atom stereocenters. The number of rotatable bonds is 4. The number of alkyl halides is 6. The molecule has 0 aromatic heterocycles. The van der Waals surface area contributed by atoms with Gasteiger partial charge in [0.2, 0.25) is 0 Å². The maximum Gasteiger partial charge on any atom is 0.522 e. The molecule has 0 spiro atoms. The smallest absolute Gasteiger partial charge is 0.324 e. The van der Waals surface area contributed by atoms with E-state index in [-0.39, 0.29) is 0 Å². The summed E-state index contributed by atoms with van der Waals surface area (Å²) in [7, 11) is 0. The van der Waals surface area contributed by atoms with E-state index in [4.69, 9.17) is 5.73 Å². The van der Waals surface area contributed by atoms with Crippen molar-refractivity contribution in [2.45, 2.75) is 18.8 Å². The summed E-state index contributed by atoms with van der Waals surface area (Å²) in [5.41, 5.74) is 4.84. The van der Waals surface area contributed by atoms with Crippen LogP contribution in [0.1, 0.15) is 0 Å². The topological polar surface area (TPSA) is 44.5 Å². The van der Waals surface area contributed by atoms with Crippen molar-refractivity contribution in [1.29, 1.82) is 0 Å². The molecule has 0 fully saturated rings. The predicted octanol–water partition coefficient (Wildman–Crippen LogP) is 1.39. The van der Waals surface area contributed by atoms with Gasteiger partial charge in [-0.1, -0.05) is 0 Å². The molecule has 0 rings (SSSR count). The van der Waals surface area contributed by atoms with Crippen LogP contribution in [0, 0.1) is 0 Å². The van der Waals surface area contributed by atoms with Crippen LogP contribution in [0.25, 0.3) is 0 Å². The molecule has 0 aromatic carbocycles. The molecule has 0 saturated heterocycles. The minimum atomic E-state index is -4.91. The molecule has 0 aromatic rings. The molecule has 0 bridgehead atoms. The van der Waals surface area contributed by atoms with E-state index in [0.717, 1.165) is 0 Å². The maximum absolute atomic E-state index is 11.3. The molecule has 14 heavy (non-hydrogen) atoms. The largest absolute Gasteiger partial charge is 0.522 e. The van der Waals surface area contributed by atoms with Crippen LogP contribution in [0.5, 0.6) is 0 Å². The summed E-state index contributed by atoms with van der Waals surface area (Å²) in [5.74, 6) is 0. The van der Waals surface area contributed by atoms with Crippen LogP contribution in [-0.4, -0.2) is 32.0 Å². The van der Waals surface area contributed by atoms with E-state index in [0.29, 0.717) is 0 Å². The minimum absolute atomic E-state index is 1.08. The molecule has 86 valence electrons. The van der Waals surface area contributed by atoms with E-state index in [1.54, 1.807) is 0 Å². The Morgan fingerprint density at radius 1 is 0.857 bits per heavy atom. The molecule has 0 aliphatic carbocycles. The lowest BCUT2D eigenvalue weighted by Crippen LogP contribution is -2.36. The van der Waals surface area contributed by atoms with Crippen molar-refractivity contribution in [2.75, 3.05) is 13.2 Å². The average molecular weight is 227 g/mol. The fourth-order valence-electron chi connectivity index (χ4n) is 0.451. The second-order valence-electron chi connectivity index (χ2n) is 2.27. The molecule has 0 aliphatic heterocycles. The Bertz CT molecular complexity index is 149. The molecule has 0 heterocycles. The molecular formula is C5H7F6NO2. The van der Waals surface area contributed by atoms with Crippen molar-refractivity contribution >= 4 is 0 Å². The Labute approximate surface area is 74.8 Å². The van der Waals surface area contributed by atoms with E-state index >= 15 is 0 Å². The highest BCUT2D eigenvalue weighted by molar-refractivity contribution is 4.58. The van der Waals surface area contributed by atoms with Gasteiger partial charge in [-0.15, -0.1) is 26.3 Å². The van der Waals surface area contributed by atoms with Gasteiger partial charge in [-0.25, -0.2) is 0 Å². The summed E-state index contributed by atoms with van der Waals surface area (Å²) < 4.78 is 74.5. The fourth-order valence-corrected chi connectivity index (χ4v) is 0.451. The second kappa shape index (κ2) is 4.80. The molecule has 2 N–H and O–H groups in total. The first kappa shape index (κ1) is 13.5. The van der Waals surface area contributed by atoms with Crippen LogP contribution in [0.2, 0.25) is 0 Å². The summed E-state index contributed by atoms with van der Waals surface area (Å²) in [5, 5.41) is 0. The Balaban J connectivity index is 3.62. The number of halogens is 6. The SMILES string of the molecule is NC(COC(F)(F)F)COC(F)(F)F. The van der Waals surface area contributed by atoms with E-state index in [9.17, 15) is 26.3 Å². The van der Waals surface area contributed by atoms with Gasteiger partial charge in [0.25, 0.3) is 0 Å². The van der Waals surface area contributed by atoms with E-state index in [1.807, 2.05) is 0 Å². The predicted molar refractivity (Wildman–Crippen MR) is 32.0 cm³/mol. The van der Waals surface area contributed by atoms with Gasteiger partial charge in [-0.3, -0.25) is 9.47 Å². The number of hydrogen-bond acceptors (Lipinski definition) is 3. The van der Waals surface area contributed by atoms with Gasteiger partial charge >= 0.3 is 12.7 Å². The van der Waals surface area contributed by atoms with Crippen molar-refractivity contribution in [1.82, 2.24) is 0 Å². The average Bonchev–Trinajstić information content (AvgIpc) is 1.94. The highest BCUT2D eigenvalue weighted by atomic mass is 19.4. The Hall–Kier alpha value is -0.540. The molecule has 0 radical (unpaired) electrons. The third-order valence-corrected chi connectivity index (χ3v) is 0.922. The molecular weight excluding hydrogens is 220 g/mol. The lowest BCUT2D eigenvalue weighted by molar-refractivity contribution is -0.338. The van der Waals surface area contributed by atoms with Gasteiger partial charge in [-0.05, 0) is 0 Å². The van der Waals surface area contributed by atoms with Gasteiger partial charge in [0.05, 0.1) is 19.3 Å². The molecule has 9 heteroatoms. The zero-order valence-corrected chi connectivity index (χ0v) is 6.65. The van der Waals surface area contributed by atoms with Crippen molar-refractivity contribution in [2.24, 2.45) is 5.73 Å². The highest BCUT2D eigenvalue weighted by Crippen LogP contribution is 2.18. The molecule has 0 aliphatic rings. The number of ether oxygens (including phenoxy) is 2. The van der Waals surface area contributed by atoms with Gasteiger partial charge in [0.15, 0.2) is 0 Å². The minimum Gasteiger partial charge on any atom is -0.324 e. The molecule has 3 nitrogen and oxygen atoms in total. The summed E-state index contributed by atoms with van der Waals surface area (Å²) in [6.45, 7) is -2.17. The zero-order chi connectivity index (χ0) is 11.4. The third-order valence-electron chi connectivity index (χ3n) is 0.922. The summed E-state index contributed by atoms with van der Waals surface area (Å²) >= 11 is 0. The maximum atomic E-state index is 11.3. The van der Waals surface area contributed by atoms with Crippen LogP contribution >= 0.6 is 0 Å². The van der Waals surface area contributed by atoms with Crippen LogP contribution in [0.15, 0.2) is 0 Å². The first-order valence-corrected chi connectivity index (χ1v) is 3.27. The highest BCUT2D eigenvalue weighted by Gasteiger charge is 2.32. The van der Waals surface area contributed by atoms with Crippen LogP contribution in [0.4, 0.5) is 26.3 Å². The Morgan fingerprint density at radius 3 is 1.36 bits per heavy atom. The second-order valence-corrected chi connectivity index (χ2v) is 2.27. The van der Waals surface area contributed by atoms with Crippen molar-refractivity contribution in [3.63, 3.8) is 0 Å². The molecule has 0 amide bonds. The first-order valence-electron chi connectivity index (χ1n) is 3.27. The van der Waals surface area contributed by atoms with E-state index < -0.39 is 32.0 Å². The molecule has 0 saturated carbocycles. The monoisotopic (exact) mass is 227 g/mol. The van der Waals surface area contributed by atoms with Crippen LogP contribution in [-0.2, 0) is 9.47 Å². The van der Waals surface area contributed by atoms with Gasteiger partial charge in [-0.2, -0.15) is 0 Å². The Kier molecular flexibility index (Phi) is 4.62. The summed E-state index contributed by atoms with van der Waals surface area (Å²) in [6.07, 6.45) is -9.81.